The van der Waals surface area contributed by atoms with E-state index in [4.69, 9.17) is 10.7 Å². The van der Waals surface area contributed by atoms with Crippen molar-refractivity contribution in [3.8, 4) is 0 Å². The number of Topliss-reactive ketones (excluding diaryl/α,β-unsaturated/α-hetero) is 1. The third-order valence-corrected chi connectivity index (χ3v) is 5.01. The van der Waals surface area contributed by atoms with Crippen molar-refractivity contribution in [3.63, 3.8) is 0 Å². The predicted octanol–water partition coefficient (Wildman–Crippen LogP) is 2.33. The fourth-order valence-electron chi connectivity index (χ4n) is 3.70. The lowest BCUT2D eigenvalue weighted by molar-refractivity contribution is -0.124. The number of nitrogens with zero attached hydrogens (tertiary/aromatic N) is 2. The number of para-hydroxylation sites is 2. The smallest absolute Gasteiger partial charge is 0.262 e. The number of nitrogens with two attached hydrogens (primary N) is 1. The lowest BCUT2D eigenvalue weighted by Crippen LogP contribution is -2.41. The second-order valence-electron chi connectivity index (χ2n) is 6.92. The van der Waals surface area contributed by atoms with Crippen LogP contribution in [0.15, 0.2) is 59.4 Å². The summed E-state index contributed by atoms with van der Waals surface area (Å²) in [5, 5.41) is 3.76. The van der Waals surface area contributed by atoms with Crippen molar-refractivity contribution in [2.45, 2.75) is 31.3 Å². The summed E-state index contributed by atoms with van der Waals surface area (Å²) >= 11 is 0. The van der Waals surface area contributed by atoms with Gasteiger partial charge in [-0.15, -0.1) is 0 Å². The van der Waals surface area contributed by atoms with Gasteiger partial charge < -0.3 is 11.1 Å². The van der Waals surface area contributed by atoms with Crippen molar-refractivity contribution >= 4 is 28.3 Å². The van der Waals surface area contributed by atoms with Crippen molar-refractivity contribution in [1.29, 1.82) is 0 Å². The summed E-state index contributed by atoms with van der Waals surface area (Å²) in [5.41, 5.74) is 6.42. The minimum Gasteiger partial charge on any atom is -0.375 e. The Labute approximate surface area is 161 Å². The number of aromatic nitrogens is 2. The number of nitrogens with one attached hydrogen (secondary N) is 1. The molecule has 0 fully saturated rings. The van der Waals surface area contributed by atoms with E-state index in [0.717, 1.165) is 5.69 Å². The van der Waals surface area contributed by atoms with Gasteiger partial charge in [0.05, 0.1) is 23.0 Å². The maximum Gasteiger partial charge on any atom is 0.262 e. The highest BCUT2D eigenvalue weighted by Gasteiger charge is 2.36. The highest BCUT2D eigenvalue weighted by atomic mass is 16.2. The maximum absolute atomic E-state index is 13.2. The van der Waals surface area contributed by atoms with Crippen LogP contribution in [0.1, 0.15) is 37.2 Å². The summed E-state index contributed by atoms with van der Waals surface area (Å²) in [5.74, 6) is -0.108. The van der Waals surface area contributed by atoms with E-state index in [1.165, 1.54) is 4.57 Å². The van der Waals surface area contributed by atoms with E-state index in [2.05, 4.69) is 5.32 Å². The lowest BCUT2D eigenvalue weighted by atomic mass is 9.94. The lowest BCUT2D eigenvalue weighted by Gasteiger charge is -2.32. The van der Waals surface area contributed by atoms with Crippen molar-refractivity contribution in [2.24, 2.45) is 5.73 Å². The first kappa shape index (κ1) is 17.9. The number of hydrogen-bond donors (Lipinski definition) is 2. The van der Waals surface area contributed by atoms with Gasteiger partial charge in [-0.1, -0.05) is 30.3 Å². The highest BCUT2D eigenvalue weighted by molar-refractivity contribution is 5.87. The normalized spacial score (nSPS) is 18.6. The molecule has 4 rings (SSSR count). The Balaban J connectivity index is 1.85. The van der Waals surface area contributed by atoms with Gasteiger partial charge in [-0.3, -0.25) is 19.0 Å². The molecule has 2 atom stereocenters. The Morgan fingerprint density at radius 3 is 2.57 bits per heavy atom. The first-order valence-corrected chi connectivity index (χ1v) is 9.18. The summed E-state index contributed by atoms with van der Waals surface area (Å²) in [7, 11) is 0. The molecule has 2 unspecified atom stereocenters. The van der Waals surface area contributed by atoms with Crippen LogP contribution in [0.5, 0.6) is 0 Å². The van der Waals surface area contributed by atoms with Crippen LogP contribution in [0.2, 0.25) is 0 Å². The van der Waals surface area contributed by atoms with E-state index < -0.39 is 18.0 Å². The van der Waals surface area contributed by atoms with Gasteiger partial charge in [0, 0.05) is 18.5 Å². The molecule has 2 aromatic carbocycles. The van der Waals surface area contributed by atoms with E-state index in [9.17, 15) is 14.4 Å². The summed E-state index contributed by atoms with van der Waals surface area (Å²) < 4.78 is 1.44. The number of ketones is 1. The summed E-state index contributed by atoms with van der Waals surface area (Å²) in [6, 6.07) is 15.4. The van der Waals surface area contributed by atoms with Crippen LogP contribution in [0, 0.1) is 0 Å². The molecule has 3 N–H and O–H groups in total. The molecule has 0 spiro atoms. The van der Waals surface area contributed by atoms with Gasteiger partial charge in [-0.25, -0.2) is 4.98 Å². The third-order valence-electron chi connectivity index (χ3n) is 5.01. The van der Waals surface area contributed by atoms with Gasteiger partial charge in [0.2, 0.25) is 5.91 Å². The number of anilines is 1. The fourth-order valence-corrected chi connectivity index (χ4v) is 3.70. The van der Waals surface area contributed by atoms with Crippen molar-refractivity contribution in [3.05, 3.63) is 70.8 Å². The molecular formula is C21H20N4O3. The summed E-state index contributed by atoms with van der Waals surface area (Å²) in [6.07, 6.45) is 0.411. The van der Waals surface area contributed by atoms with Gasteiger partial charge >= 0.3 is 0 Å². The zero-order chi connectivity index (χ0) is 19.7. The van der Waals surface area contributed by atoms with Gasteiger partial charge in [-0.2, -0.15) is 0 Å². The second-order valence-corrected chi connectivity index (χ2v) is 6.92. The standard InChI is InChI=1S/C21H20N4O3/c22-19(27)11-10-17-18(26)12-16(23-13-6-2-1-3-7-13)20-24-15-9-5-4-8-14(15)21(28)25(17)20/h1-9,16-17,23H,10-12H2,(H2,22,27). The molecule has 7 heteroatoms. The molecule has 1 amide bonds. The van der Waals surface area contributed by atoms with Crippen LogP contribution < -0.4 is 16.6 Å². The molecule has 0 radical (unpaired) electrons. The van der Waals surface area contributed by atoms with Crippen molar-refractivity contribution < 1.29 is 9.59 Å². The number of benzene rings is 2. The summed E-state index contributed by atoms with van der Waals surface area (Å²) in [6.45, 7) is 0. The Hall–Kier alpha value is -3.48. The quantitative estimate of drug-likeness (QED) is 0.711. The molecule has 0 saturated carbocycles. The van der Waals surface area contributed by atoms with Gasteiger partial charge in [0.25, 0.3) is 5.56 Å². The molecule has 3 aromatic rings. The first-order valence-electron chi connectivity index (χ1n) is 9.18. The van der Waals surface area contributed by atoms with Crippen molar-refractivity contribution in [2.75, 3.05) is 5.32 Å². The zero-order valence-corrected chi connectivity index (χ0v) is 15.2. The predicted molar refractivity (Wildman–Crippen MR) is 106 cm³/mol. The van der Waals surface area contributed by atoms with E-state index in [0.29, 0.717) is 16.7 Å². The Morgan fingerprint density at radius 1 is 1.11 bits per heavy atom. The minimum absolute atomic E-state index is 0.0336. The van der Waals surface area contributed by atoms with Crippen LogP contribution in [0.4, 0.5) is 5.69 Å². The van der Waals surface area contributed by atoms with Gasteiger partial charge in [-0.05, 0) is 30.7 Å². The van der Waals surface area contributed by atoms with E-state index in [-0.39, 0.29) is 30.6 Å². The minimum atomic E-state index is -0.735. The molecule has 0 aliphatic carbocycles. The molecule has 1 aliphatic rings. The van der Waals surface area contributed by atoms with Crippen LogP contribution in [0.25, 0.3) is 10.9 Å². The van der Waals surface area contributed by atoms with Crippen LogP contribution >= 0.6 is 0 Å². The largest absolute Gasteiger partial charge is 0.375 e. The number of primary amides is 1. The molecule has 2 heterocycles. The number of hydrogen-bond acceptors (Lipinski definition) is 5. The van der Waals surface area contributed by atoms with Gasteiger partial charge in [0.1, 0.15) is 5.82 Å². The van der Waals surface area contributed by atoms with E-state index in [1.807, 2.05) is 36.4 Å². The van der Waals surface area contributed by atoms with Gasteiger partial charge in [0.15, 0.2) is 5.78 Å². The highest BCUT2D eigenvalue weighted by Crippen LogP contribution is 2.32. The topological polar surface area (TPSA) is 107 Å². The molecular weight excluding hydrogens is 356 g/mol. The van der Waals surface area contributed by atoms with E-state index in [1.54, 1.807) is 18.2 Å². The molecule has 0 bridgehead atoms. The second kappa shape index (κ2) is 7.26. The molecule has 1 aliphatic heterocycles. The van der Waals surface area contributed by atoms with Crippen molar-refractivity contribution in [1.82, 2.24) is 9.55 Å². The van der Waals surface area contributed by atoms with Crippen LogP contribution in [-0.4, -0.2) is 21.2 Å². The number of amides is 1. The number of carbonyl (C=O) groups is 2. The monoisotopic (exact) mass is 376 g/mol. The average Bonchev–Trinajstić information content (AvgIpc) is 2.69. The fraction of sp³-hybridized carbons (Fsp3) is 0.238. The Morgan fingerprint density at radius 2 is 1.82 bits per heavy atom. The maximum atomic E-state index is 13.2. The molecule has 142 valence electrons. The number of carbonyl (C=O) groups excluding carboxylic acids is 2. The number of rotatable bonds is 5. The summed E-state index contributed by atoms with van der Waals surface area (Å²) in [4.78, 5) is 42.0. The van der Waals surface area contributed by atoms with E-state index >= 15 is 0 Å². The molecule has 0 saturated heterocycles. The first-order chi connectivity index (χ1) is 13.5. The Kier molecular flexibility index (Phi) is 4.65. The van der Waals surface area contributed by atoms with Crippen LogP contribution in [0.3, 0.4) is 0 Å². The SMILES string of the molecule is NC(=O)CCC1C(=O)CC(Nc2ccccc2)c2nc3ccccc3c(=O)n21. The molecule has 1 aromatic heterocycles. The Bertz CT molecular complexity index is 1110. The van der Waals surface area contributed by atoms with Crippen LogP contribution in [-0.2, 0) is 9.59 Å². The molecule has 28 heavy (non-hydrogen) atoms. The number of fused-ring (bicyclic) bond motifs is 2. The third kappa shape index (κ3) is 3.26. The zero-order valence-electron chi connectivity index (χ0n) is 15.2. The molecule has 7 nitrogen and oxygen atoms in total. The average molecular weight is 376 g/mol.